The van der Waals surface area contributed by atoms with Crippen molar-refractivity contribution in [1.82, 2.24) is 20.0 Å². The zero-order chi connectivity index (χ0) is 22.3. The van der Waals surface area contributed by atoms with Crippen LogP contribution in [0.5, 0.6) is 11.5 Å². The Morgan fingerprint density at radius 3 is 1.93 bits per heavy atom. The molecule has 1 N–H and O–H groups in total. The first-order valence-corrected chi connectivity index (χ1v) is 8.80. The van der Waals surface area contributed by atoms with E-state index in [-0.39, 0.29) is 5.97 Å². The molecule has 2 heterocycles. The summed E-state index contributed by atoms with van der Waals surface area (Å²) in [7, 11) is 5.84. The third-order valence-electron chi connectivity index (χ3n) is 4.14. The van der Waals surface area contributed by atoms with E-state index in [9.17, 15) is 9.59 Å². The number of rotatable bonds is 5. The van der Waals surface area contributed by atoms with Gasteiger partial charge >= 0.3 is 11.9 Å². The van der Waals surface area contributed by atoms with Gasteiger partial charge in [-0.1, -0.05) is 0 Å². The molecule has 0 radical (unpaired) electrons. The van der Waals surface area contributed by atoms with Crippen LogP contribution in [-0.2, 0) is 9.47 Å². The number of ether oxygens (including phenoxy) is 4. The summed E-state index contributed by atoms with van der Waals surface area (Å²) in [6, 6.07) is 5.37. The van der Waals surface area contributed by atoms with Crippen molar-refractivity contribution >= 4 is 11.9 Å². The molecule has 0 aliphatic heterocycles. The van der Waals surface area contributed by atoms with E-state index in [0.29, 0.717) is 28.3 Å². The minimum Gasteiger partial charge on any atom is -0.497 e. The monoisotopic (exact) mass is 416 g/mol. The van der Waals surface area contributed by atoms with Crippen LogP contribution in [0, 0.1) is 13.8 Å². The summed E-state index contributed by atoms with van der Waals surface area (Å²) in [6.45, 7) is 3.51. The van der Waals surface area contributed by atoms with Gasteiger partial charge in [0.15, 0.2) is 0 Å². The van der Waals surface area contributed by atoms with Crippen LogP contribution in [0.3, 0.4) is 0 Å². The van der Waals surface area contributed by atoms with Gasteiger partial charge in [-0.3, -0.25) is 5.10 Å². The van der Waals surface area contributed by atoms with Gasteiger partial charge in [-0.25, -0.2) is 14.3 Å². The van der Waals surface area contributed by atoms with Crippen LogP contribution in [0.4, 0.5) is 0 Å². The molecule has 10 heteroatoms. The third-order valence-corrected chi connectivity index (χ3v) is 4.14. The van der Waals surface area contributed by atoms with E-state index < -0.39 is 5.97 Å². The lowest BCUT2D eigenvalue weighted by atomic mass is 10.2. The molecule has 0 atom stereocenters. The molecule has 30 heavy (non-hydrogen) atoms. The van der Waals surface area contributed by atoms with Crippen molar-refractivity contribution in [3.05, 3.63) is 53.1 Å². The summed E-state index contributed by atoms with van der Waals surface area (Å²) in [6.07, 6.45) is 3.07. The second-order valence-electron chi connectivity index (χ2n) is 6.04. The molecule has 0 spiro atoms. The summed E-state index contributed by atoms with van der Waals surface area (Å²) < 4.78 is 21.2. The number of esters is 2. The lowest BCUT2D eigenvalue weighted by Gasteiger charge is -2.08. The first kappa shape index (κ1) is 22.5. The molecule has 2 aromatic heterocycles. The van der Waals surface area contributed by atoms with E-state index in [4.69, 9.17) is 14.2 Å². The highest BCUT2D eigenvalue weighted by molar-refractivity contribution is 5.90. The maximum atomic E-state index is 11.6. The number of carbonyl (C=O) groups is 2. The normalized spacial score (nSPS) is 9.93. The number of hydrogen-bond acceptors (Lipinski definition) is 8. The number of nitrogens with one attached hydrogen (secondary N) is 1. The summed E-state index contributed by atoms with van der Waals surface area (Å²) in [5.74, 6) is 0.522. The predicted octanol–water partition coefficient (Wildman–Crippen LogP) is 2.49. The van der Waals surface area contributed by atoms with Gasteiger partial charge in [0, 0.05) is 30.1 Å². The summed E-state index contributed by atoms with van der Waals surface area (Å²) in [5, 5.41) is 10.6. The second kappa shape index (κ2) is 10.1. The molecule has 10 nitrogen and oxygen atoms in total. The molecule has 0 aliphatic carbocycles. The molecule has 160 valence electrons. The minimum absolute atomic E-state index is 0.355. The van der Waals surface area contributed by atoms with E-state index in [0.717, 1.165) is 11.4 Å². The van der Waals surface area contributed by atoms with Crippen molar-refractivity contribution in [1.29, 1.82) is 0 Å². The topological polar surface area (TPSA) is 118 Å². The van der Waals surface area contributed by atoms with Crippen molar-refractivity contribution in [3.8, 4) is 17.2 Å². The fraction of sp³-hybridized carbons (Fsp3) is 0.300. The number of methoxy groups -OCH3 is 4. The lowest BCUT2D eigenvalue weighted by Crippen LogP contribution is -2.01. The van der Waals surface area contributed by atoms with Gasteiger partial charge in [-0.15, -0.1) is 0 Å². The molecular formula is C20H24N4O6. The van der Waals surface area contributed by atoms with Crippen LogP contribution in [0.1, 0.15) is 32.1 Å². The molecule has 0 aliphatic rings. The smallest absolute Gasteiger partial charge is 0.341 e. The number of aryl methyl sites for hydroxylation is 2. The first-order chi connectivity index (χ1) is 14.3. The Morgan fingerprint density at radius 1 is 0.900 bits per heavy atom. The Labute approximate surface area is 173 Å². The quantitative estimate of drug-likeness (QED) is 0.631. The van der Waals surface area contributed by atoms with Crippen molar-refractivity contribution in [2.45, 2.75) is 13.8 Å². The Kier molecular flexibility index (Phi) is 7.56. The van der Waals surface area contributed by atoms with Crippen LogP contribution in [0.25, 0.3) is 5.69 Å². The average Bonchev–Trinajstić information content (AvgIpc) is 3.38. The van der Waals surface area contributed by atoms with Gasteiger partial charge in [0.1, 0.15) is 22.6 Å². The molecule has 0 saturated heterocycles. The Hall–Kier alpha value is -3.82. The third kappa shape index (κ3) is 5.16. The lowest BCUT2D eigenvalue weighted by molar-refractivity contribution is 0.0591. The fourth-order valence-corrected chi connectivity index (χ4v) is 2.49. The van der Waals surface area contributed by atoms with Gasteiger partial charge in [-0.05, 0) is 13.8 Å². The zero-order valence-electron chi connectivity index (χ0n) is 17.7. The van der Waals surface area contributed by atoms with Gasteiger partial charge in [0.25, 0.3) is 0 Å². The molecule has 1 aromatic carbocycles. The average molecular weight is 416 g/mol. The molecule has 0 saturated carbocycles. The number of carbonyl (C=O) groups excluding carboxylic acids is 2. The molecule has 0 bridgehead atoms. The number of benzene rings is 1. The van der Waals surface area contributed by atoms with Crippen molar-refractivity contribution in [3.63, 3.8) is 0 Å². The van der Waals surface area contributed by atoms with E-state index in [1.807, 2.05) is 0 Å². The summed E-state index contributed by atoms with van der Waals surface area (Å²) in [4.78, 5) is 22.4. The van der Waals surface area contributed by atoms with Gasteiger partial charge in [-0.2, -0.15) is 10.2 Å². The highest BCUT2D eigenvalue weighted by Crippen LogP contribution is 2.25. The molecule has 0 amide bonds. The Balaban J connectivity index is 0.000000269. The largest absolute Gasteiger partial charge is 0.497 e. The van der Waals surface area contributed by atoms with E-state index in [2.05, 4.69) is 20.0 Å². The van der Waals surface area contributed by atoms with Gasteiger partial charge in [0.05, 0.1) is 46.0 Å². The van der Waals surface area contributed by atoms with Crippen LogP contribution in [0.2, 0.25) is 0 Å². The Bertz CT molecular complexity index is 1000. The number of aromatic nitrogens is 4. The van der Waals surface area contributed by atoms with Crippen LogP contribution in [-0.4, -0.2) is 60.4 Å². The zero-order valence-corrected chi connectivity index (χ0v) is 17.7. The van der Waals surface area contributed by atoms with Crippen molar-refractivity contribution in [2.75, 3.05) is 28.4 Å². The fourth-order valence-electron chi connectivity index (χ4n) is 2.49. The molecule has 3 rings (SSSR count). The van der Waals surface area contributed by atoms with E-state index in [1.165, 1.54) is 20.4 Å². The highest BCUT2D eigenvalue weighted by atomic mass is 16.5. The number of H-pyrrole nitrogens is 1. The van der Waals surface area contributed by atoms with Crippen LogP contribution < -0.4 is 9.47 Å². The minimum atomic E-state index is -0.413. The number of nitrogens with zero attached hydrogens (tertiary/aromatic N) is 3. The second-order valence-corrected chi connectivity index (χ2v) is 6.04. The Morgan fingerprint density at radius 2 is 1.47 bits per heavy atom. The standard InChI is InChI=1S/C14H16N2O4.C6H8N2O2/c1-9-13(14(17)20-4)8-16(15-9)10-5-11(18-2)7-12(6-10)19-3;1-4-5(3-7-8-4)6(9)10-2/h5-8H,1-4H3;3H,1-2H3,(H,7,8). The molecular weight excluding hydrogens is 392 g/mol. The molecule has 0 unspecified atom stereocenters. The SMILES string of the molecule is COC(=O)c1cn(-c2cc(OC)cc(OC)c2)nc1C.COC(=O)c1cn[nH]c1C. The first-order valence-electron chi connectivity index (χ1n) is 8.80. The summed E-state index contributed by atoms with van der Waals surface area (Å²) in [5.41, 5.74) is 2.97. The molecule has 0 fully saturated rings. The van der Waals surface area contributed by atoms with E-state index in [1.54, 1.807) is 57.1 Å². The predicted molar refractivity (Wildman–Crippen MR) is 107 cm³/mol. The van der Waals surface area contributed by atoms with Crippen LogP contribution >= 0.6 is 0 Å². The van der Waals surface area contributed by atoms with Crippen molar-refractivity contribution < 1.29 is 28.5 Å². The van der Waals surface area contributed by atoms with Gasteiger partial charge in [0.2, 0.25) is 0 Å². The van der Waals surface area contributed by atoms with Gasteiger partial charge < -0.3 is 18.9 Å². The maximum Gasteiger partial charge on any atom is 0.341 e. The van der Waals surface area contributed by atoms with Crippen molar-refractivity contribution in [2.24, 2.45) is 0 Å². The summed E-state index contributed by atoms with van der Waals surface area (Å²) >= 11 is 0. The van der Waals surface area contributed by atoms with Crippen LogP contribution in [0.15, 0.2) is 30.6 Å². The molecule has 3 aromatic rings. The highest BCUT2D eigenvalue weighted by Gasteiger charge is 2.15. The maximum absolute atomic E-state index is 11.6. The number of hydrogen-bond donors (Lipinski definition) is 1. The number of aromatic amines is 1. The van der Waals surface area contributed by atoms with E-state index >= 15 is 0 Å².